The van der Waals surface area contributed by atoms with Crippen LogP contribution in [-0.4, -0.2) is 47.0 Å². The first-order valence-electron chi connectivity index (χ1n) is 10.3. The van der Waals surface area contributed by atoms with Gasteiger partial charge in [-0.25, -0.2) is 22.0 Å². The van der Waals surface area contributed by atoms with Crippen molar-refractivity contribution in [2.24, 2.45) is 5.41 Å². The SMILES string of the molecule is O=C(/C=C/c1ccsc1)N1CCC2(CC1)CCN(C(=S)Nc1c(F)c(F)c(F)c(F)c1F)C2. The van der Waals surface area contributed by atoms with Crippen molar-refractivity contribution in [1.82, 2.24) is 9.80 Å². The lowest BCUT2D eigenvalue weighted by molar-refractivity contribution is -0.128. The highest BCUT2D eigenvalue weighted by Crippen LogP contribution is 2.41. The fraction of sp³-hybridized carbons (Fsp3) is 0.364. The van der Waals surface area contributed by atoms with E-state index in [1.807, 2.05) is 16.8 Å². The number of anilines is 1. The van der Waals surface area contributed by atoms with E-state index in [0.29, 0.717) is 26.2 Å². The Morgan fingerprint density at radius 2 is 1.55 bits per heavy atom. The van der Waals surface area contributed by atoms with E-state index < -0.39 is 34.8 Å². The molecule has 1 spiro atoms. The van der Waals surface area contributed by atoms with Gasteiger partial charge in [-0.2, -0.15) is 11.3 Å². The van der Waals surface area contributed by atoms with Crippen molar-refractivity contribution >= 4 is 46.3 Å². The Balaban J connectivity index is 1.35. The smallest absolute Gasteiger partial charge is 0.246 e. The molecular weight excluding hydrogens is 481 g/mol. The third-order valence-electron chi connectivity index (χ3n) is 6.26. The number of piperidine rings is 1. The van der Waals surface area contributed by atoms with E-state index in [1.165, 1.54) is 0 Å². The van der Waals surface area contributed by atoms with Gasteiger partial charge < -0.3 is 15.1 Å². The monoisotopic (exact) mass is 501 g/mol. The number of amides is 1. The zero-order chi connectivity index (χ0) is 23.8. The summed E-state index contributed by atoms with van der Waals surface area (Å²) in [6.07, 6.45) is 5.55. The van der Waals surface area contributed by atoms with Gasteiger partial charge in [0, 0.05) is 32.3 Å². The van der Waals surface area contributed by atoms with Gasteiger partial charge >= 0.3 is 0 Å². The average molecular weight is 502 g/mol. The third kappa shape index (κ3) is 4.74. The van der Waals surface area contributed by atoms with Crippen molar-refractivity contribution in [2.75, 3.05) is 31.5 Å². The lowest BCUT2D eigenvalue weighted by atomic mass is 9.78. The van der Waals surface area contributed by atoms with Crippen LogP contribution in [0.25, 0.3) is 6.08 Å². The largest absolute Gasteiger partial charge is 0.348 e. The van der Waals surface area contributed by atoms with Gasteiger partial charge in [0.15, 0.2) is 28.4 Å². The molecule has 2 aromatic rings. The number of nitrogens with zero attached hydrogens (tertiary/aromatic N) is 2. The molecular formula is C22H20F5N3OS2. The Labute approximate surface area is 196 Å². The molecule has 1 amide bonds. The molecule has 176 valence electrons. The standard InChI is InChI=1S/C22H20F5N3OS2/c23-15-16(24)18(26)20(19(27)17(15)25)28-21(32)30-9-6-22(12-30)4-7-29(8-5-22)14(31)2-1-13-3-10-33-11-13/h1-3,10-11H,4-9,12H2,(H,28,32)/b2-1+. The van der Waals surface area contributed by atoms with Gasteiger partial charge in [0.1, 0.15) is 5.69 Å². The van der Waals surface area contributed by atoms with Crippen LogP contribution in [0.15, 0.2) is 22.9 Å². The molecule has 4 nitrogen and oxygen atoms in total. The topological polar surface area (TPSA) is 35.6 Å². The van der Waals surface area contributed by atoms with E-state index >= 15 is 0 Å². The molecule has 2 saturated heterocycles. The average Bonchev–Trinajstić information content (AvgIpc) is 3.48. The fourth-order valence-corrected chi connectivity index (χ4v) is 5.15. The maximum absolute atomic E-state index is 14.0. The molecule has 0 bridgehead atoms. The molecule has 0 saturated carbocycles. The Morgan fingerprint density at radius 3 is 2.12 bits per heavy atom. The Kier molecular flexibility index (Phi) is 6.71. The van der Waals surface area contributed by atoms with Crippen molar-refractivity contribution in [2.45, 2.75) is 19.3 Å². The molecule has 1 aromatic heterocycles. The molecule has 2 aliphatic heterocycles. The van der Waals surface area contributed by atoms with Gasteiger partial charge in [-0.3, -0.25) is 4.79 Å². The van der Waals surface area contributed by atoms with Crippen LogP contribution >= 0.6 is 23.6 Å². The van der Waals surface area contributed by atoms with Crippen LogP contribution in [-0.2, 0) is 4.79 Å². The number of nitrogens with one attached hydrogen (secondary N) is 1. The molecule has 2 aliphatic rings. The summed E-state index contributed by atoms with van der Waals surface area (Å²) in [5.74, 6) is -10.2. The molecule has 11 heteroatoms. The van der Waals surface area contributed by atoms with Crippen molar-refractivity contribution in [3.63, 3.8) is 0 Å². The second-order valence-corrected chi connectivity index (χ2v) is 9.43. The minimum atomic E-state index is -2.21. The first-order chi connectivity index (χ1) is 15.7. The van der Waals surface area contributed by atoms with Crippen LogP contribution in [0, 0.1) is 34.5 Å². The number of thiophene rings is 1. The summed E-state index contributed by atoms with van der Waals surface area (Å²) in [6, 6.07) is 1.93. The molecule has 2 fully saturated rings. The number of halogens is 5. The lowest BCUT2D eigenvalue weighted by Crippen LogP contribution is -2.44. The quantitative estimate of drug-likeness (QED) is 0.207. The fourth-order valence-electron chi connectivity index (χ4n) is 4.26. The van der Waals surface area contributed by atoms with Crippen LogP contribution in [0.3, 0.4) is 0 Å². The summed E-state index contributed by atoms with van der Waals surface area (Å²) >= 11 is 6.75. The number of thiocarbonyl (C=S) groups is 1. The minimum Gasteiger partial charge on any atom is -0.348 e. The van der Waals surface area contributed by atoms with E-state index in [2.05, 4.69) is 5.32 Å². The van der Waals surface area contributed by atoms with Crippen LogP contribution in [0.5, 0.6) is 0 Å². The molecule has 0 unspecified atom stereocenters. The number of likely N-dealkylation sites (tertiary alicyclic amines) is 2. The Hall–Kier alpha value is -2.53. The second kappa shape index (κ2) is 9.38. The summed E-state index contributed by atoms with van der Waals surface area (Å²) in [7, 11) is 0. The zero-order valence-electron chi connectivity index (χ0n) is 17.3. The maximum atomic E-state index is 14.0. The summed E-state index contributed by atoms with van der Waals surface area (Å²) in [5, 5.41) is 5.98. The molecule has 1 N–H and O–H groups in total. The van der Waals surface area contributed by atoms with Gasteiger partial charge in [-0.15, -0.1) is 0 Å². The van der Waals surface area contributed by atoms with Crippen molar-refractivity contribution in [1.29, 1.82) is 0 Å². The number of carbonyl (C=O) groups is 1. The van der Waals surface area contributed by atoms with Gasteiger partial charge in [0.05, 0.1) is 0 Å². The number of hydrogen-bond donors (Lipinski definition) is 1. The third-order valence-corrected chi connectivity index (χ3v) is 7.33. The van der Waals surface area contributed by atoms with E-state index in [-0.39, 0.29) is 16.4 Å². The second-order valence-electron chi connectivity index (χ2n) is 8.26. The molecule has 0 aliphatic carbocycles. The molecule has 3 heterocycles. The van der Waals surface area contributed by atoms with Crippen molar-refractivity contribution in [3.05, 3.63) is 57.6 Å². The Morgan fingerprint density at radius 1 is 0.970 bits per heavy atom. The van der Waals surface area contributed by atoms with Crippen molar-refractivity contribution < 1.29 is 26.7 Å². The summed E-state index contributed by atoms with van der Waals surface area (Å²) in [4.78, 5) is 15.9. The van der Waals surface area contributed by atoms with E-state index in [1.54, 1.807) is 33.3 Å². The van der Waals surface area contributed by atoms with Crippen LogP contribution in [0.1, 0.15) is 24.8 Å². The lowest BCUT2D eigenvalue weighted by Gasteiger charge is -2.39. The zero-order valence-corrected chi connectivity index (χ0v) is 19.0. The number of rotatable bonds is 3. The van der Waals surface area contributed by atoms with E-state index in [4.69, 9.17) is 12.2 Å². The highest BCUT2D eigenvalue weighted by atomic mass is 32.1. The maximum Gasteiger partial charge on any atom is 0.246 e. The van der Waals surface area contributed by atoms with Crippen LogP contribution < -0.4 is 5.32 Å². The number of benzene rings is 1. The van der Waals surface area contributed by atoms with Crippen LogP contribution in [0.2, 0.25) is 0 Å². The number of hydrogen-bond acceptors (Lipinski definition) is 3. The highest BCUT2D eigenvalue weighted by molar-refractivity contribution is 7.80. The van der Waals surface area contributed by atoms with Gasteiger partial charge in [0.25, 0.3) is 0 Å². The van der Waals surface area contributed by atoms with E-state index in [0.717, 1.165) is 24.8 Å². The van der Waals surface area contributed by atoms with Gasteiger partial charge in [-0.05, 0) is 65.4 Å². The normalized spacial score (nSPS) is 17.8. The predicted molar refractivity (Wildman–Crippen MR) is 120 cm³/mol. The summed E-state index contributed by atoms with van der Waals surface area (Å²) in [6.45, 7) is 2.09. The predicted octanol–water partition coefficient (Wildman–Crippen LogP) is 5.17. The van der Waals surface area contributed by atoms with Gasteiger partial charge in [0.2, 0.25) is 11.7 Å². The molecule has 1 aromatic carbocycles. The summed E-state index contributed by atoms with van der Waals surface area (Å²) < 4.78 is 68.1. The highest BCUT2D eigenvalue weighted by Gasteiger charge is 2.42. The molecule has 0 atom stereocenters. The van der Waals surface area contributed by atoms with E-state index in [9.17, 15) is 26.7 Å². The van der Waals surface area contributed by atoms with Crippen LogP contribution in [0.4, 0.5) is 27.6 Å². The first-order valence-corrected chi connectivity index (χ1v) is 11.6. The van der Waals surface area contributed by atoms with Gasteiger partial charge in [-0.1, -0.05) is 0 Å². The van der Waals surface area contributed by atoms with Crippen molar-refractivity contribution in [3.8, 4) is 0 Å². The summed E-state index contributed by atoms with van der Waals surface area (Å²) in [5.41, 5.74) is -0.311. The Bertz CT molecular complexity index is 1070. The minimum absolute atomic E-state index is 0.0607. The first kappa shape index (κ1) is 23.6. The number of carbonyl (C=O) groups excluding carboxylic acids is 1. The molecule has 33 heavy (non-hydrogen) atoms. The molecule has 0 radical (unpaired) electrons. The molecule has 4 rings (SSSR count).